The Balaban J connectivity index is 1.89. The number of benzene rings is 1. The second kappa shape index (κ2) is 4.64. The minimum Gasteiger partial charge on any atom is -0.342 e. The molecule has 1 aromatic carbocycles. The molecule has 0 aliphatic heterocycles. The average molecular weight is 257 g/mol. The first-order valence-corrected chi connectivity index (χ1v) is 7.30. The van der Waals surface area contributed by atoms with Crippen LogP contribution in [0.1, 0.15) is 49.1 Å². The largest absolute Gasteiger partial charge is 0.342 e. The van der Waals surface area contributed by atoms with Crippen LogP contribution in [0.5, 0.6) is 0 Å². The van der Waals surface area contributed by atoms with E-state index in [1.807, 2.05) is 0 Å². The Labute approximate surface area is 114 Å². The van der Waals surface area contributed by atoms with Gasteiger partial charge in [0.15, 0.2) is 0 Å². The summed E-state index contributed by atoms with van der Waals surface area (Å²) in [5.41, 5.74) is 11.3. The number of hydrogen-bond acceptors (Lipinski definition) is 2. The standard InChI is InChI=1S/C16H23N3/c1-11-8-13-14(9-12(11)2)19-15(18-13)10-16(17)6-4-3-5-7-16/h8-9H,3-7,10,17H2,1-2H3,(H,18,19). The number of hydrogen-bond donors (Lipinski definition) is 2. The van der Waals surface area contributed by atoms with E-state index in [0.29, 0.717) is 0 Å². The molecule has 0 unspecified atom stereocenters. The van der Waals surface area contributed by atoms with Crippen LogP contribution in [0.2, 0.25) is 0 Å². The molecule has 0 atom stereocenters. The lowest BCUT2D eigenvalue weighted by atomic mass is 9.80. The highest BCUT2D eigenvalue weighted by Gasteiger charge is 2.28. The van der Waals surface area contributed by atoms with Crippen LogP contribution >= 0.6 is 0 Å². The summed E-state index contributed by atoms with van der Waals surface area (Å²) in [6.45, 7) is 4.27. The Bertz CT molecular complexity index is 552. The van der Waals surface area contributed by atoms with Crippen molar-refractivity contribution in [3.05, 3.63) is 29.1 Å². The molecule has 3 nitrogen and oxygen atoms in total. The minimum atomic E-state index is -0.0454. The van der Waals surface area contributed by atoms with Gasteiger partial charge >= 0.3 is 0 Å². The summed E-state index contributed by atoms with van der Waals surface area (Å²) in [4.78, 5) is 8.16. The van der Waals surface area contributed by atoms with E-state index in [-0.39, 0.29) is 5.54 Å². The van der Waals surface area contributed by atoms with Gasteiger partial charge in [0.2, 0.25) is 0 Å². The van der Waals surface area contributed by atoms with E-state index < -0.39 is 0 Å². The van der Waals surface area contributed by atoms with Crippen molar-refractivity contribution in [2.45, 2.75) is 57.9 Å². The maximum absolute atomic E-state index is 6.51. The molecule has 2 aromatic rings. The number of imidazole rings is 1. The van der Waals surface area contributed by atoms with E-state index in [9.17, 15) is 0 Å². The Hall–Kier alpha value is -1.35. The summed E-state index contributed by atoms with van der Waals surface area (Å²) in [6.07, 6.45) is 6.98. The Kier molecular flexibility index (Phi) is 3.09. The van der Waals surface area contributed by atoms with Gasteiger partial charge in [-0.15, -0.1) is 0 Å². The zero-order valence-corrected chi connectivity index (χ0v) is 11.9. The maximum atomic E-state index is 6.51. The number of H-pyrrole nitrogens is 1. The fraction of sp³-hybridized carbons (Fsp3) is 0.562. The summed E-state index contributed by atoms with van der Waals surface area (Å²) < 4.78 is 0. The molecule has 0 spiro atoms. The predicted molar refractivity (Wildman–Crippen MR) is 79.3 cm³/mol. The lowest BCUT2D eigenvalue weighted by molar-refractivity contribution is 0.290. The van der Waals surface area contributed by atoms with Crippen molar-refractivity contribution >= 4 is 11.0 Å². The molecular formula is C16H23N3. The van der Waals surface area contributed by atoms with Gasteiger partial charge in [-0.3, -0.25) is 0 Å². The Morgan fingerprint density at radius 1 is 1.16 bits per heavy atom. The van der Waals surface area contributed by atoms with Crippen molar-refractivity contribution < 1.29 is 0 Å². The van der Waals surface area contributed by atoms with Crippen LogP contribution in [0.15, 0.2) is 12.1 Å². The third kappa shape index (κ3) is 2.52. The molecule has 1 aliphatic rings. The van der Waals surface area contributed by atoms with Gasteiger partial charge in [0.1, 0.15) is 5.82 Å². The zero-order chi connectivity index (χ0) is 13.5. The molecular weight excluding hydrogens is 234 g/mol. The summed E-state index contributed by atoms with van der Waals surface area (Å²) >= 11 is 0. The number of rotatable bonds is 2. The van der Waals surface area contributed by atoms with Crippen LogP contribution in [0, 0.1) is 13.8 Å². The topological polar surface area (TPSA) is 54.7 Å². The number of fused-ring (bicyclic) bond motifs is 1. The summed E-state index contributed by atoms with van der Waals surface area (Å²) in [6, 6.07) is 4.35. The molecule has 0 bridgehead atoms. The maximum Gasteiger partial charge on any atom is 0.109 e. The molecule has 102 valence electrons. The molecule has 3 rings (SSSR count). The van der Waals surface area contributed by atoms with E-state index in [1.165, 1.54) is 30.4 Å². The van der Waals surface area contributed by atoms with Crippen molar-refractivity contribution in [3.8, 4) is 0 Å². The van der Waals surface area contributed by atoms with E-state index in [0.717, 1.165) is 36.1 Å². The first kappa shape index (κ1) is 12.7. The molecule has 0 saturated heterocycles. The van der Waals surface area contributed by atoms with Gasteiger partial charge in [-0.2, -0.15) is 0 Å². The summed E-state index contributed by atoms with van der Waals surface area (Å²) in [7, 11) is 0. The number of aromatic amines is 1. The average Bonchev–Trinajstić information content (AvgIpc) is 2.71. The Morgan fingerprint density at radius 2 is 1.84 bits per heavy atom. The fourth-order valence-corrected chi connectivity index (χ4v) is 3.17. The molecule has 1 heterocycles. The second-order valence-corrected chi connectivity index (χ2v) is 6.24. The fourth-order valence-electron chi connectivity index (χ4n) is 3.17. The number of aromatic nitrogens is 2. The van der Waals surface area contributed by atoms with Gasteiger partial charge in [-0.1, -0.05) is 19.3 Å². The number of nitrogens with one attached hydrogen (secondary N) is 1. The third-order valence-corrected chi connectivity index (χ3v) is 4.52. The molecule has 0 radical (unpaired) electrons. The highest BCUT2D eigenvalue weighted by atomic mass is 14.9. The highest BCUT2D eigenvalue weighted by Crippen LogP contribution is 2.29. The molecule has 0 amide bonds. The molecule has 1 fully saturated rings. The van der Waals surface area contributed by atoms with E-state index >= 15 is 0 Å². The normalized spacial score (nSPS) is 18.9. The molecule has 3 heteroatoms. The van der Waals surface area contributed by atoms with Crippen molar-refractivity contribution in [2.75, 3.05) is 0 Å². The van der Waals surface area contributed by atoms with Crippen LogP contribution in [0.25, 0.3) is 11.0 Å². The van der Waals surface area contributed by atoms with Gasteiger partial charge in [-0.05, 0) is 49.9 Å². The molecule has 1 saturated carbocycles. The predicted octanol–water partition coefficient (Wildman–Crippen LogP) is 3.38. The minimum absolute atomic E-state index is 0.0454. The van der Waals surface area contributed by atoms with Crippen LogP contribution in [-0.4, -0.2) is 15.5 Å². The van der Waals surface area contributed by atoms with Crippen LogP contribution < -0.4 is 5.73 Å². The van der Waals surface area contributed by atoms with Gasteiger partial charge in [-0.25, -0.2) is 4.98 Å². The SMILES string of the molecule is Cc1cc2nc(CC3(N)CCCCC3)[nH]c2cc1C. The smallest absolute Gasteiger partial charge is 0.109 e. The lowest BCUT2D eigenvalue weighted by Crippen LogP contribution is -2.44. The van der Waals surface area contributed by atoms with E-state index in [1.54, 1.807) is 0 Å². The van der Waals surface area contributed by atoms with Gasteiger partial charge in [0, 0.05) is 12.0 Å². The summed E-state index contributed by atoms with van der Waals surface area (Å²) in [5.74, 6) is 1.05. The van der Waals surface area contributed by atoms with Crippen molar-refractivity contribution in [1.29, 1.82) is 0 Å². The molecule has 19 heavy (non-hydrogen) atoms. The third-order valence-electron chi connectivity index (χ3n) is 4.52. The Morgan fingerprint density at radius 3 is 2.58 bits per heavy atom. The first-order chi connectivity index (χ1) is 9.06. The van der Waals surface area contributed by atoms with Gasteiger partial charge in [0.25, 0.3) is 0 Å². The first-order valence-electron chi connectivity index (χ1n) is 7.30. The van der Waals surface area contributed by atoms with E-state index in [4.69, 9.17) is 10.7 Å². The van der Waals surface area contributed by atoms with Crippen LogP contribution in [0.3, 0.4) is 0 Å². The monoisotopic (exact) mass is 257 g/mol. The zero-order valence-electron chi connectivity index (χ0n) is 11.9. The number of nitrogens with two attached hydrogens (primary N) is 1. The van der Waals surface area contributed by atoms with Crippen LogP contribution in [0.4, 0.5) is 0 Å². The van der Waals surface area contributed by atoms with Crippen LogP contribution in [-0.2, 0) is 6.42 Å². The molecule has 3 N–H and O–H groups in total. The lowest BCUT2D eigenvalue weighted by Gasteiger charge is -2.32. The van der Waals surface area contributed by atoms with E-state index in [2.05, 4.69) is 31.0 Å². The van der Waals surface area contributed by atoms with Gasteiger partial charge < -0.3 is 10.7 Å². The quantitative estimate of drug-likeness (QED) is 0.866. The highest BCUT2D eigenvalue weighted by molar-refractivity contribution is 5.77. The van der Waals surface area contributed by atoms with Gasteiger partial charge in [0.05, 0.1) is 11.0 Å². The molecule has 1 aromatic heterocycles. The summed E-state index contributed by atoms with van der Waals surface area (Å²) in [5, 5.41) is 0. The van der Waals surface area contributed by atoms with Crippen molar-refractivity contribution in [1.82, 2.24) is 9.97 Å². The number of aryl methyl sites for hydroxylation is 2. The second-order valence-electron chi connectivity index (χ2n) is 6.24. The van der Waals surface area contributed by atoms with Crippen molar-refractivity contribution in [2.24, 2.45) is 5.73 Å². The number of nitrogens with zero attached hydrogens (tertiary/aromatic N) is 1. The molecule has 1 aliphatic carbocycles. The van der Waals surface area contributed by atoms with Crippen molar-refractivity contribution in [3.63, 3.8) is 0 Å².